The minimum atomic E-state index is -3.51. The molecule has 0 unspecified atom stereocenters. The van der Waals surface area contributed by atoms with Crippen molar-refractivity contribution < 1.29 is 26.4 Å². The van der Waals surface area contributed by atoms with Gasteiger partial charge in [0.15, 0.2) is 9.84 Å². The van der Waals surface area contributed by atoms with Crippen LogP contribution in [0.4, 0.5) is 0 Å². The standard InChI is InChI=1S/C21H31N3O6S2/c25-21(23-10-8-22(9-11-23)19-7-16-31(26,27)17-19)6-3-18-1-4-20(5-2-18)32(28,29)24-12-14-30-15-13-24/h1-2,4-5,19H,3,6-17H2/t19-/m1/s1. The van der Waals surface area contributed by atoms with Crippen molar-refractivity contribution >= 4 is 25.8 Å². The highest BCUT2D eigenvalue weighted by Gasteiger charge is 2.34. The number of amides is 1. The van der Waals surface area contributed by atoms with Crippen LogP contribution in [0.3, 0.4) is 0 Å². The van der Waals surface area contributed by atoms with Gasteiger partial charge in [0.2, 0.25) is 15.9 Å². The molecule has 3 aliphatic rings. The lowest BCUT2D eigenvalue weighted by Gasteiger charge is -2.37. The summed E-state index contributed by atoms with van der Waals surface area (Å²) < 4.78 is 55.5. The minimum absolute atomic E-state index is 0.0775. The second kappa shape index (κ2) is 9.76. The lowest BCUT2D eigenvalue weighted by atomic mass is 10.1. The highest BCUT2D eigenvalue weighted by molar-refractivity contribution is 7.91. The Morgan fingerprint density at radius 1 is 1.00 bits per heavy atom. The topological polar surface area (TPSA) is 104 Å². The molecule has 1 atom stereocenters. The van der Waals surface area contributed by atoms with Crippen LogP contribution in [0.15, 0.2) is 29.2 Å². The molecule has 4 rings (SSSR count). The highest BCUT2D eigenvalue weighted by Crippen LogP contribution is 2.21. The van der Waals surface area contributed by atoms with Gasteiger partial charge in [-0.3, -0.25) is 9.69 Å². The van der Waals surface area contributed by atoms with Crippen molar-refractivity contribution in [1.29, 1.82) is 0 Å². The Bertz CT molecular complexity index is 1010. The number of carbonyl (C=O) groups is 1. The predicted molar refractivity (Wildman–Crippen MR) is 120 cm³/mol. The Morgan fingerprint density at radius 2 is 1.66 bits per heavy atom. The monoisotopic (exact) mass is 485 g/mol. The molecular weight excluding hydrogens is 454 g/mol. The summed E-state index contributed by atoms with van der Waals surface area (Å²) in [6.07, 6.45) is 1.61. The molecule has 3 fully saturated rings. The van der Waals surface area contributed by atoms with Crippen LogP contribution in [0.1, 0.15) is 18.4 Å². The summed E-state index contributed by atoms with van der Waals surface area (Å²) in [4.78, 5) is 16.9. The lowest BCUT2D eigenvalue weighted by molar-refractivity contribution is -0.133. The molecule has 1 amide bonds. The van der Waals surface area contributed by atoms with E-state index >= 15 is 0 Å². The van der Waals surface area contributed by atoms with E-state index in [1.54, 1.807) is 24.3 Å². The second-order valence-corrected chi connectivity index (χ2v) is 12.8. The largest absolute Gasteiger partial charge is 0.379 e. The van der Waals surface area contributed by atoms with E-state index in [0.29, 0.717) is 71.7 Å². The zero-order valence-corrected chi connectivity index (χ0v) is 19.8. The summed E-state index contributed by atoms with van der Waals surface area (Å²) in [5.41, 5.74) is 0.925. The van der Waals surface area contributed by atoms with Crippen molar-refractivity contribution in [3.8, 4) is 0 Å². The first-order valence-corrected chi connectivity index (χ1v) is 14.4. The van der Waals surface area contributed by atoms with Gasteiger partial charge >= 0.3 is 0 Å². The molecule has 0 radical (unpaired) electrons. The molecule has 11 heteroatoms. The van der Waals surface area contributed by atoms with Crippen molar-refractivity contribution in [3.05, 3.63) is 29.8 Å². The van der Waals surface area contributed by atoms with Crippen molar-refractivity contribution in [1.82, 2.24) is 14.1 Å². The van der Waals surface area contributed by atoms with Gasteiger partial charge in [-0.25, -0.2) is 16.8 Å². The van der Waals surface area contributed by atoms with Crippen molar-refractivity contribution in [2.45, 2.75) is 30.2 Å². The van der Waals surface area contributed by atoms with Crippen LogP contribution < -0.4 is 0 Å². The van der Waals surface area contributed by atoms with Crippen molar-refractivity contribution in [3.63, 3.8) is 0 Å². The molecule has 3 saturated heterocycles. The van der Waals surface area contributed by atoms with Crippen LogP contribution in [0.5, 0.6) is 0 Å². The number of sulfonamides is 1. The van der Waals surface area contributed by atoms with E-state index < -0.39 is 19.9 Å². The number of rotatable bonds is 6. The maximum Gasteiger partial charge on any atom is 0.243 e. The summed E-state index contributed by atoms with van der Waals surface area (Å²) >= 11 is 0. The zero-order valence-electron chi connectivity index (χ0n) is 18.2. The molecular formula is C21H31N3O6S2. The molecule has 1 aromatic rings. The first kappa shape index (κ1) is 23.6. The molecule has 0 aromatic heterocycles. The summed E-state index contributed by atoms with van der Waals surface area (Å²) in [6, 6.07) is 6.86. The first-order chi connectivity index (χ1) is 15.2. The summed E-state index contributed by atoms with van der Waals surface area (Å²) in [5.74, 6) is 0.579. The third-order valence-electron chi connectivity index (χ3n) is 6.55. The maximum atomic E-state index is 12.7. The number of benzene rings is 1. The van der Waals surface area contributed by atoms with Gasteiger partial charge in [-0.15, -0.1) is 0 Å². The molecule has 3 aliphatic heterocycles. The first-order valence-electron chi connectivity index (χ1n) is 11.1. The average molecular weight is 486 g/mol. The average Bonchev–Trinajstić information content (AvgIpc) is 3.18. The quantitative estimate of drug-likeness (QED) is 0.557. The number of carbonyl (C=O) groups excluding carboxylic acids is 1. The molecule has 0 aliphatic carbocycles. The molecule has 9 nitrogen and oxygen atoms in total. The Morgan fingerprint density at radius 3 is 2.25 bits per heavy atom. The van der Waals surface area contributed by atoms with E-state index in [0.717, 1.165) is 5.56 Å². The highest BCUT2D eigenvalue weighted by atomic mass is 32.2. The van der Waals surface area contributed by atoms with Crippen LogP contribution in [0, 0.1) is 0 Å². The number of aryl methyl sites for hydroxylation is 1. The Hall–Kier alpha value is -1.53. The van der Waals surface area contributed by atoms with E-state index in [2.05, 4.69) is 4.90 Å². The molecule has 1 aromatic carbocycles. The summed E-state index contributed by atoms with van der Waals surface area (Å²) in [7, 11) is -6.41. The second-order valence-electron chi connectivity index (χ2n) is 8.63. The normalized spacial score (nSPS) is 25.1. The number of piperazine rings is 1. The molecule has 178 valence electrons. The fourth-order valence-corrected chi connectivity index (χ4v) is 7.74. The number of ether oxygens (including phenoxy) is 1. The van der Waals surface area contributed by atoms with Crippen LogP contribution in [-0.2, 0) is 35.8 Å². The van der Waals surface area contributed by atoms with Crippen LogP contribution >= 0.6 is 0 Å². The fraction of sp³-hybridized carbons (Fsp3) is 0.667. The number of sulfone groups is 1. The molecule has 0 saturated carbocycles. The Kier molecular flexibility index (Phi) is 7.21. The van der Waals surface area contributed by atoms with Gasteiger partial charge in [-0.1, -0.05) is 12.1 Å². The smallest absolute Gasteiger partial charge is 0.243 e. The zero-order chi connectivity index (χ0) is 22.8. The summed E-state index contributed by atoms with van der Waals surface area (Å²) in [6.45, 7) is 4.20. The van der Waals surface area contributed by atoms with Crippen molar-refractivity contribution in [2.24, 2.45) is 0 Å². The van der Waals surface area contributed by atoms with Crippen LogP contribution in [-0.4, -0.2) is 107 Å². The minimum Gasteiger partial charge on any atom is -0.379 e. The third-order valence-corrected chi connectivity index (χ3v) is 10.2. The SMILES string of the molecule is O=C(CCc1ccc(S(=O)(=O)N2CCOCC2)cc1)N1CCN([C@@H]2CCS(=O)(=O)C2)CC1. The number of hydrogen-bond acceptors (Lipinski definition) is 7. The predicted octanol–water partition coefficient (Wildman–Crippen LogP) is -0.0286. The van der Waals surface area contributed by atoms with E-state index in [4.69, 9.17) is 4.74 Å². The van der Waals surface area contributed by atoms with Gasteiger partial charge in [0.05, 0.1) is 29.6 Å². The van der Waals surface area contributed by atoms with E-state index in [9.17, 15) is 21.6 Å². The van der Waals surface area contributed by atoms with Gasteiger partial charge in [0.25, 0.3) is 0 Å². The fourth-order valence-electron chi connectivity index (χ4n) is 4.57. The molecule has 32 heavy (non-hydrogen) atoms. The number of morpholine rings is 1. The number of nitrogens with zero attached hydrogens (tertiary/aromatic N) is 3. The maximum absolute atomic E-state index is 12.7. The van der Waals surface area contributed by atoms with Crippen LogP contribution in [0.2, 0.25) is 0 Å². The van der Waals surface area contributed by atoms with Gasteiger partial charge in [0, 0.05) is 51.7 Å². The number of hydrogen-bond donors (Lipinski definition) is 0. The van der Waals surface area contributed by atoms with E-state index in [-0.39, 0.29) is 28.4 Å². The van der Waals surface area contributed by atoms with Gasteiger partial charge in [-0.05, 0) is 30.5 Å². The molecule has 0 N–H and O–H groups in total. The third kappa shape index (κ3) is 5.51. The van der Waals surface area contributed by atoms with Gasteiger partial charge in [-0.2, -0.15) is 4.31 Å². The molecule has 0 bridgehead atoms. The summed E-state index contributed by atoms with van der Waals surface area (Å²) in [5, 5.41) is 0. The Labute approximate surface area is 190 Å². The lowest BCUT2D eigenvalue weighted by Crippen LogP contribution is -2.52. The van der Waals surface area contributed by atoms with Crippen LogP contribution in [0.25, 0.3) is 0 Å². The van der Waals surface area contributed by atoms with Crippen molar-refractivity contribution in [2.75, 3.05) is 64.0 Å². The molecule has 3 heterocycles. The van der Waals surface area contributed by atoms with Gasteiger partial charge in [0.1, 0.15) is 0 Å². The molecule has 0 spiro atoms. The Balaban J connectivity index is 1.25. The van der Waals surface area contributed by atoms with E-state index in [1.807, 2.05) is 4.90 Å². The van der Waals surface area contributed by atoms with Gasteiger partial charge < -0.3 is 9.64 Å². The van der Waals surface area contributed by atoms with E-state index in [1.165, 1.54) is 4.31 Å².